The lowest BCUT2D eigenvalue weighted by atomic mass is 9.96. The predicted octanol–water partition coefficient (Wildman–Crippen LogP) is 7.36. The minimum absolute atomic E-state index is 0.0115. The zero-order valence-electron chi connectivity index (χ0n) is 15.2. The summed E-state index contributed by atoms with van der Waals surface area (Å²) in [6.07, 6.45) is -0.870. The van der Waals surface area contributed by atoms with Crippen molar-refractivity contribution in [3.63, 3.8) is 0 Å². The fraction of sp³-hybridized carbons (Fsp3) is 0.500. The Hall–Kier alpha value is -0.990. The van der Waals surface area contributed by atoms with Gasteiger partial charge in [0, 0.05) is 4.47 Å². The molecule has 2 nitrogen and oxygen atoms in total. The summed E-state index contributed by atoms with van der Waals surface area (Å²) in [5.74, 6) is -26.5. The molecule has 1 aromatic carbocycles. The second-order valence-electron chi connectivity index (χ2n) is 6.70. The third-order valence-corrected chi connectivity index (χ3v) is 5.95. The molecular formula is C18H13BrF9IO2. The minimum Gasteiger partial charge on any atom is -0.462 e. The van der Waals surface area contributed by atoms with E-state index < -0.39 is 45.0 Å². The topological polar surface area (TPSA) is 26.3 Å². The van der Waals surface area contributed by atoms with E-state index >= 15 is 0 Å². The van der Waals surface area contributed by atoms with Gasteiger partial charge in [-0.15, -0.1) is 0 Å². The van der Waals surface area contributed by atoms with Crippen LogP contribution in [0.3, 0.4) is 0 Å². The molecule has 0 N–H and O–H groups in total. The summed E-state index contributed by atoms with van der Waals surface area (Å²) in [6, 6.07) is 6.15. The molecule has 174 valence electrons. The molecule has 0 aliphatic heterocycles. The molecule has 31 heavy (non-hydrogen) atoms. The molecule has 1 aliphatic carbocycles. The lowest BCUT2D eigenvalue weighted by molar-refractivity contribution is -0.303. The van der Waals surface area contributed by atoms with Crippen LogP contribution in [0.5, 0.6) is 0 Å². The highest BCUT2D eigenvalue weighted by atomic mass is 127. The SMILES string of the molecule is O=C(OCCCCC(I)=CC1(F)C(F)(F)C(F)(F)C(F)(F)C1(F)F)c1ccc(Br)cc1. The molecule has 1 aliphatic rings. The number of esters is 1. The van der Waals surface area contributed by atoms with Crippen LogP contribution in [0.1, 0.15) is 29.6 Å². The first-order chi connectivity index (χ1) is 14.0. The monoisotopic (exact) mass is 638 g/mol. The normalized spacial score (nSPS) is 22.9. The van der Waals surface area contributed by atoms with Gasteiger partial charge in [0.25, 0.3) is 5.67 Å². The Kier molecular flexibility index (Phi) is 7.41. The summed E-state index contributed by atoms with van der Waals surface area (Å²) in [5.41, 5.74) is -5.35. The number of rotatable bonds is 7. The zero-order chi connectivity index (χ0) is 23.9. The van der Waals surface area contributed by atoms with E-state index in [0.717, 1.165) is 27.1 Å². The molecule has 1 saturated carbocycles. The van der Waals surface area contributed by atoms with Crippen molar-refractivity contribution in [2.45, 2.75) is 48.6 Å². The smallest absolute Gasteiger partial charge is 0.382 e. The quantitative estimate of drug-likeness (QED) is 0.135. The molecule has 0 amide bonds. The number of ether oxygens (including phenoxy) is 1. The van der Waals surface area contributed by atoms with Gasteiger partial charge in [-0.1, -0.05) is 15.9 Å². The fourth-order valence-electron chi connectivity index (χ4n) is 2.75. The van der Waals surface area contributed by atoms with E-state index in [1.165, 1.54) is 12.1 Å². The van der Waals surface area contributed by atoms with Crippen molar-refractivity contribution < 1.29 is 49.0 Å². The maximum atomic E-state index is 14.4. The van der Waals surface area contributed by atoms with E-state index in [9.17, 15) is 44.3 Å². The second kappa shape index (κ2) is 8.75. The molecule has 0 radical (unpaired) electrons. The molecule has 0 spiro atoms. The number of allylic oxidation sites excluding steroid dienone is 2. The van der Waals surface area contributed by atoms with Crippen molar-refractivity contribution in [3.8, 4) is 0 Å². The number of carbonyl (C=O) groups is 1. The standard InChI is InChI=1S/C18H13BrF9IO2/c19-11-6-4-10(5-7-11)13(30)31-8-2-1-3-12(29)9-14(20)15(21,22)17(25,26)18(27,28)16(14,23)24/h4-7,9H,1-3,8H2. The van der Waals surface area contributed by atoms with E-state index in [1.54, 1.807) is 12.1 Å². The van der Waals surface area contributed by atoms with Crippen LogP contribution >= 0.6 is 38.5 Å². The van der Waals surface area contributed by atoms with Crippen LogP contribution in [0.25, 0.3) is 0 Å². The van der Waals surface area contributed by atoms with Crippen molar-refractivity contribution in [3.05, 3.63) is 44.0 Å². The largest absolute Gasteiger partial charge is 0.462 e. The highest BCUT2D eigenvalue weighted by molar-refractivity contribution is 14.1. The molecule has 2 rings (SSSR count). The molecular weight excluding hydrogens is 626 g/mol. The number of alkyl halides is 9. The van der Waals surface area contributed by atoms with Crippen molar-refractivity contribution in [1.82, 2.24) is 0 Å². The van der Waals surface area contributed by atoms with E-state index in [2.05, 4.69) is 15.9 Å². The molecule has 0 atom stereocenters. The van der Waals surface area contributed by atoms with Crippen molar-refractivity contribution in [1.29, 1.82) is 0 Å². The molecule has 0 bridgehead atoms. The summed E-state index contributed by atoms with van der Waals surface area (Å²) in [7, 11) is 0. The number of carbonyl (C=O) groups excluding carboxylic acids is 1. The average Bonchev–Trinajstić information content (AvgIpc) is 2.71. The predicted molar refractivity (Wildman–Crippen MR) is 104 cm³/mol. The Morgan fingerprint density at radius 1 is 0.871 bits per heavy atom. The Bertz CT molecular complexity index is 830. The van der Waals surface area contributed by atoms with Crippen LogP contribution in [-0.2, 0) is 4.74 Å². The molecule has 13 heteroatoms. The van der Waals surface area contributed by atoms with Crippen molar-refractivity contribution in [2.75, 3.05) is 6.61 Å². The third kappa shape index (κ3) is 4.20. The molecule has 0 aromatic heterocycles. The van der Waals surface area contributed by atoms with Gasteiger partial charge < -0.3 is 4.74 Å². The van der Waals surface area contributed by atoms with Crippen LogP contribution < -0.4 is 0 Å². The summed E-state index contributed by atoms with van der Waals surface area (Å²) < 4.78 is 127. The number of halogens is 11. The number of unbranched alkanes of at least 4 members (excludes halogenated alkanes) is 1. The van der Waals surface area contributed by atoms with Gasteiger partial charge in [0.15, 0.2) is 0 Å². The molecule has 1 aromatic rings. The second-order valence-corrected chi connectivity index (χ2v) is 9.00. The van der Waals surface area contributed by atoms with Crippen LogP contribution in [0, 0.1) is 0 Å². The molecule has 1 fully saturated rings. The molecule has 0 heterocycles. The third-order valence-electron chi connectivity index (χ3n) is 4.58. The van der Waals surface area contributed by atoms with Gasteiger partial charge in [-0.3, -0.25) is 0 Å². The Labute approximate surface area is 192 Å². The number of benzene rings is 1. The Morgan fingerprint density at radius 3 is 1.84 bits per heavy atom. The summed E-state index contributed by atoms with van der Waals surface area (Å²) in [4.78, 5) is 11.8. The van der Waals surface area contributed by atoms with Gasteiger partial charge in [0.2, 0.25) is 0 Å². The van der Waals surface area contributed by atoms with Gasteiger partial charge >= 0.3 is 29.7 Å². The number of hydrogen-bond donors (Lipinski definition) is 0. The van der Waals surface area contributed by atoms with Gasteiger partial charge in [0.1, 0.15) is 0 Å². The maximum absolute atomic E-state index is 14.4. The van der Waals surface area contributed by atoms with Crippen LogP contribution in [0.2, 0.25) is 0 Å². The van der Waals surface area contributed by atoms with Crippen LogP contribution in [0.4, 0.5) is 39.5 Å². The van der Waals surface area contributed by atoms with E-state index in [1.807, 2.05) is 0 Å². The highest BCUT2D eigenvalue weighted by Gasteiger charge is 3.00. The maximum Gasteiger partial charge on any atom is 0.382 e. The summed E-state index contributed by atoms with van der Waals surface area (Å²) in [6.45, 7) is -0.165. The summed E-state index contributed by atoms with van der Waals surface area (Å²) >= 11 is 4.31. The lowest BCUT2D eigenvalue weighted by Crippen LogP contribution is -2.53. The van der Waals surface area contributed by atoms with Gasteiger partial charge in [0.05, 0.1) is 12.2 Å². The van der Waals surface area contributed by atoms with Crippen LogP contribution in [-0.4, -0.2) is 41.9 Å². The first-order valence-electron chi connectivity index (χ1n) is 8.53. The summed E-state index contributed by atoms with van der Waals surface area (Å²) in [5, 5.41) is 0. The first-order valence-corrected chi connectivity index (χ1v) is 10.4. The van der Waals surface area contributed by atoms with Gasteiger partial charge in [-0.2, -0.15) is 35.1 Å². The van der Waals surface area contributed by atoms with Gasteiger partial charge in [-0.25, -0.2) is 9.18 Å². The van der Waals surface area contributed by atoms with Crippen molar-refractivity contribution in [2.24, 2.45) is 0 Å². The zero-order valence-corrected chi connectivity index (χ0v) is 18.9. The number of hydrogen-bond acceptors (Lipinski definition) is 2. The Balaban J connectivity index is 1.99. The molecule has 0 saturated heterocycles. The first kappa shape index (κ1) is 26.3. The Morgan fingerprint density at radius 2 is 1.35 bits per heavy atom. The lowest BCUT2D eigenvalue weighted by Gasteiger charge is -2.28. The minimum atomic E-state index is -6.59. The van der Waals surface area contributed by atoms with E-state index in [4.69, 9.17) is 4.74 Å². The molecule has 0 unspecified atom stereocenters. The highest BCUT2D eigenvalue weighted by Crippen LogP contribution is 2.69. The fourth-order valence-corrected chi connectivity index (χ4v) is 3.82. The van der Waals surface area contributed by atoms with Crippen molar-refractivity contribution >= 4 is 44.5 Å². The average molecular weight is 639 g/mol. The van der Waals surface area contributed by atoms with E-state index in [-0.39, 0.29) is 31.4 Å². The van der Waals surface area contributed by atoms with Gasteiger partial charge in [-0.05, 0) is 75.8 Å². The van der Waals surface area contributed by atoms with Crippen LogP contribution in [0.15, 0.2) is 38.4 Å². The van der Waals surface area contributed by atoms with E-state index in [0.29, 0.717) is 0 Å².